The summed E-state index contributed by atoms with van der Waals surface area (Å²) in [6.07, 6.45) is 5.53. The fourth-order valence-electron chi connectivity index (χ4n) is 2.39. The van der Waals surface area contributed by atoms with Gasteiger partial charge in [-0.25, -0.2) is 4.98 Å². The normalized spacial score (nSPS) is 15.8. The Hall–Kier alpha value is -2.01. The van der Waals surface area contributed by atoms with E-state index in [-0.39, 0.29) is 0 Å². The van der Waals surface area contributed by atoms with E-state index in [1.165, 1.54) is 12.8 Å². The minimum absolute atomic E-state index is 0.434. The van der Waals surface area contributed by atoms with Crippen molar-refractivity contribution in [3.63, 3.8) is 0 Å². The zero-order valence-corrected chi connectivity index (χ0v) is 12.3. The maximum absolute atomic E-state index is 9.84. The molecule has 1 aliphatic rings. The van der Waals surface area contributed by atoms with Crippen LogP contribution in [0, 0.1) is 0 Å². The maximum atomic E-state index is 9.84. The molecule has 1 aliphatic carbocycles. The molecule has 5 nitrogen and oxygen atoms in total. The van der Waals surface area contributed by atoms with Crippen LogP contribution in [-0.4, -0.2) is 21.8 Å². The third-order valence-corrected chi connectivity index (χ3v) is 3.73. The molecule has 0 radical (unpaired) electrons. The Bertz CT molecular complexity index is 618. The predicted molar refractivity (Wildman–Crippen MR) is 78.5 cm³/mol. The number of aliphatic hydroxyl groups excluding tert-OH is 1. The molecule has 1 aromatic carbocycles. The molecule has 1 N–H and O–H groups in total. The van der Waals surface area contributed by atoms with Crippen LogP contribution >= 0.6 is 0 Å². The summed E-state index contributed by atoms with van der Waals surface area (Å²) in [5.74, 6) is 1.36. The molecule has 2 aromatic rings. The van der Waals surface area contributed by atoms with Crippen molar-refractivity contribution in [2.45, 2.75) is 38.5 Å². The number of aliphatic hydroxyl groups is 1. The molecule has 0 saturated heterocycles. The lowest BCUT2D eigenvalue weighted by Gasteiger charge is -2.15. The molecule has 1 heterocycles. The van der Waals surface area contributed by atoms with E-state index in [0.29, 0.717) is 24.1 Å². The first-order valence-electron chi connectivity index (χ1n) is 7.18. The van der Waals surface area contributed by atoms with Gasteiger partial charge in [0.15, 0.2) is 0 Å². The van der Waals surface area contributed by atoms with Crippen LogP contribution < -0.4 is 9.47 Å². The van der Waals surface area contributed by atoms with Crippen molar-refractivity contribution in [1.29, 1.82) is 0 Å². The summed E-state index contributed by atoms with van der Waals surface area (Å²) in [6.45, 7) is 2.16. The van der Waals surface area contributed by atoms with Crippen LogP contribution in [0.4, 0.5) is 0 Å². The molecule has 1 fully saturated rings. The fraction of sp³-hybridized carbons (Fsp3) is 0.438. The smallest absolute Gasteiger partial charge is 0.130 e. The second-order valence-corrected chi connectivity index (χ2v) is 5.39. The van der Waals surface area contributed by atoms with Crippen LogP contribution in [0.1, 0.15) is 43.2 Å². The fourth-order valence-corrected chi connectivity index (χ4v) is 2.39. The van der Waals surface area contributed by atoms with Crippen LogP contribution in [0.25, 0.3) is 0 Å². The summed E-state index contributed by atoms with van der Waals surface area (Å²) < 4.78 is 13.3. The molecular weight excluding hydrogens is 268 g/mol. The van der Waals surface area contributed by atoms with Gasteiger partial charge in [0.05, 0.1) is 31.4 Å². The third kappa shape index (κ3) is 3.03. The van der Waals surface area contributed by atoms with Gasteiger partial charge in [0, 0.05) is 17.7 Å². The number of ether oxygens (including phenoxy) is 2. The van der Waals surface area contributed by atoms with Crippen LogP contribution in [0.15, 0.2) is 30.7 Å². The van der Waals surface area contributed by atoms with Gasteiger partial charge >= 0.3 is 0 Å². The molecule has 3 rings (SSSR count). The van der Waals surface area contributed by atoms with Gasteiger partial charge in [0.1, 0.15) is 18.1 Å². The average molecular weight is 288 g/mol. The number of hydrogen-bond acceptors (Lipinski definition) is 4. The van der Waals surface area contributed by atoms with Crippen molar-refractivity contribution in [2.75, 3.05) is 7.11 Å². The van der Waals surface area contributed by atoms with Crippen LogP contribution in [0.3, 0.4) is 0 Å². The first kappa shape index (κ1) is 13.9. The largest absolute Gasteiger partial charge is 0.497 e. The van der Waals surface area contributed by atoms with Crippen molar-refractivity contribution in [3.05, 3.63) is 42.0 Å². The van der Waals surface area contributed by atoms with Crippen LogP contribution in [0.5, 0.6) is 11.5 Å². The van der Waals surface area contributed by atoms with Crippen LogP contribution in [-0.2, 0) is 6.61 Å². The molecule has 1 aromatic heterocycles. The topological polar surface area (TPSA) is 56.5 Å². The highest BCUT2D eigenvalue weighted by Gasteiger charge is 2.25. The number of methoxy groups -OCH3 is 1. The number of hydrogen-bond donors (Lipinski definition) is 1. The second-order valence-electron chi connectivity index (χ2n) is 5.39. The van der Waals surface area contributed by atoms with Crippen LogP contribution in [0.2, 0.25) is 0 Å². The van der Waals surface area contributed by atoms with Gasteiger partial charge in [0.2, 0.25) is 0 Å². The Morgan fingerprint density at radius 2 is 2.24 bits per heavy atom. The Morgan fingerprint density at radius 1 is 1.43 bits per heavy atom. The van der Waals surface area contributed by atoms with E-state index >= 15 is 0 Å². The van der Waals surface area contributed by atoms with E-state index in [1.54, 1.807) is 20.1 Å². The second kappa shape index (κ2) is 5.77. The van der Waals surface area contributed by atoms with E-state index < -0.39 is 6.10 Å². The molecule has 1 saturated carbocycles. The molecule has 5 heteroatoms. The predicted octanol–water partition coefficient (Wildman–Crippen LogP) is 2.86. The molecular formula is C16H20N2O3. The summed E-state index contributed by atoms with van der Waals surface area (Å²) in [5, 5.41) is 9.84. The molecule has 112 valence electrons. The highest BCUT2D eigenvalue weighted by atomic mass is 16.5. The lowest BCUT2D eigenvalue weighted by molar-refractivity contribution is 0.189. The van der Waals surface area contributed by atoms with Crippen molar-refractivity contribution >= 4 is 0 Å². The zero-order chi connectivity index (χ0) is 14.8. The quantitative estimate of drug-likeness (QED) is 0.888. The Kier molecular flexibility index (Phi) is 3.84. The summed E-state index contributed by atoms with van der Waals surface area (Å²) in [7, 11) is 1.61. The maximum Gasteiger partial charge on any atom is 0.130 e. The number of nitrogens with zero attached hydrogens (tertiary/aromatic N) is 2. The number of aromatic nitrogens is 2. The molecule has 1 atom stereocenters. The van der Waals surface area contributed by atoms with Gasteiger partial charge in [-0.3, -0.25) is 0 Å². The van der Waals surface area contributed by atoms with E-state index in [2.05, 4.69) is 9.55 Å². The number of benzene rings is 1. The Morgan fingerprint density at radius 3 is 2.90 bits per heavy atom. The van der Waals surface area contributed by atoms with E-state index in [4.69, 9.17) is 9.47 Å². The minimum atomic E-state index is -0.584. The molecule has 0 aliphatic heterocycles. The van der Waals surface area contributed by atoms with Gasteiger partial charge in [0.25, 0.3) is 0 Å². The van der Waals surface area contributed by atoms with Crippen molar-refractivity contribution in [3.8, 4) is 11.5 Å². The number of imidazole rings is 1. The van der Waals surface area contributed by atoms with Crippen molar-refractivity contribution < 1.29 is 14.6 Å². The highest BCUT2D eigenvalue weighted by Crippen LogP contribution is 2.36. The summed E-state index contributed by atoms with van der Waals surface area (Å²) in [5.41, 5.74) is 1.81. The Balaban J connectivity index is 1.78. The summed E-state index contributed by atoms with van der Waals surface area (Å²) in [6, 6.07) is 6.04. The molecule has 0 spiro atoms. The van der Waals surface area contributed by atoms with Crippen molar-refractivity contribution in [2.24, 2.45) is 0 Å². The number of rotatable bonds is 6. The van der Waals surface area contributed by atoms with Gasteiger partial charge in [-0.2, -0.15) is 0 Å². The summed E-state index contributed by atoms with van der Waals surface area (Å²) in [4.78, 5) is 4.20. The monoisotopic (exact) mass is 288 g/mol. The van der Waals surface area contributed by atoms with Gasteiger partial charge in [-0.05, 0) is 31.9 Å². The molecule has 0 unspecified atom stereocenters. The summed E-state index contributed by atoms with van der Waals surface area (Å²) >= 11 is 0. The van der Waals surface area contributed by atoms with Crippen molar-refractivity contribution in [1.82, 2.24) is 9.55 Å². The first-order chi connectivity index (χ1) is 10.2. The third-order valence-electron chi connectivity index (χ3n) is 3.73. The molecule has 21 heavy (non-hydrogen) atoms. The lowest BCUT2D eigenvalue weighted by atomic mass is 10.1. The minimum Gasteiger partial charge on any atom is -0.497 e. The van der Waals surface area contributed by atoms with Gasteiger partial charge in [-0.15, -0.1) is 0 Å². The van der Waals surface area contributed by atoms with Gasteiger partial charge < -0.3 is 19.1 Å². The van der Waals surface area contributed by atoms with E-state index in [1.807, 2.05) is 24.7 Å². The van der Waals surface area contributed by atoms with E-state index in [0.717, 1.165) is 11.3 Å². The average Bonchev–Trinajstić information content (AvgIpc) is 3.23. The van der Waals surface area contributed by atoms with E-state index in [9.17, 15) is 5.11 Å². The van der Waals surface area contributed by atoms with Gasteiger partial charge in [-0.1, -0.05) is 0 Å². The standard InChI is InChI=1S/C16H20N2O3/c1-11(19)15-6-5-14(20-2)7-16(15)21-9-13-8-17-10-18(13)12-3-4-12/h5-8,10-12,19H,3-4,9H2,1-2H3/t11-/m0/s1. The molecule has 0 amide bonds. The first-order valence-corrected chi connectivity index (χ1v) is 7.18. The molecule has 0 bridgehead atoms. The SMILES string of the molecule is COc1ccc([C@H](C)O)c(OCc2cncn2C2CC2)c1. The highest BCUT2D eigenvalue weighted by molar-refractivity contribution is 5.41. The lowest BCUT2D eigenvalue weighted by Crippen LogP contribution is -2.06. The Labute approximate surface area is 124 Å². The zero-order valence-electron chi connectivity index (χ0n) is 12.3.